The Balaban J connectivity index is 0.000000317. The van der Waals surface area contributed by atoms with Gasteiger partial charge in [-0.15, -0.1) is 0 Å². The van der Waals surface area contributed by atoms with E-state index in [0.717, 1.165) is 0 Å². The number of hydrogen-bond donors (Lipinski definition) is 0. The van der Waals surface area contributed by atoms with Crippen LogP contribution in [-0.4, -0.2) is 47.3 Å². The molecule has 44 heavy (non-hydrogen) atoms. The van der Waals surface area contributed by atoms with Crippen molar-refractivity contribution in [3.8, 4) is 0 Å². The van der Waals surface area contributed by atoms with E-state index in [0.29, 0.717) is 0 Å². The molecular formula is C28H52F12P4. The monoisotopic (exact) mass is 740 g/mol. The zero-order chi connectivity index (χ0) is 33.1. The molecule has 5 aliphatic rings. The van der Waals surface area contributed by atoms with Crippen molar-refractivity contribution in [3.05, 3.63) is 0 Å². The van der Waals surface area contributed by atoms with E-state index in [9.17, 15) is 50.4 Å². The van der Waals surface area contributed by atoms with Crippen LogP contribution in [0.2, 0.25) is 0 Å². The molecule has 0 aromatic heterocycles. The van der Waals surface area contributed by atoms with E-state index in [1.807, 2.05) is 24.6 Å². The summed E-state index contributed by atoms with van der Waals surface area (Å²) in [5.74, 6) is 0. The molecule has 1 saturated heterocycles. The Morgan fingerprint density at radius 2 is 0.409 bits per heavy atom. The Morgan fingerprint density at radius 1 is 0.273 bits per heavy atom. The molecule has 16 heteroatoms. The normalized spacial score (nSPS) is 29.7. The fraction of sp³-hybridized carbons (Fsp3) is 1.00. The molecule has 0 unspecified atom stereocenters. The first-order valence-electron chi connectivity index (χ1n) is 16.6. The van der Waals surface area contributed by atoms with Crippen LogP contribution in [0.25, 0.3) is 0 Å². The van der Waals surface area contributed by atoms with Crippen molar-refractivity contribution in [2.24, 2.45) is 0 Å². The molecule has 0 atom stereocenters. The van der Waals surface area contributed by atoms with Gasteiger partial charge in [0, 0.05) is 14.5 Å². The van der Waals surface area contributed by atoms with Gasteiger partial charge in [-0.3, -0.25) is 0 Å². The first-order chi connectivity index (χ1) is 19.7. The second-order valence-electron chi connectivity index (χ2n) is 14.2. The van der Waals surface area contributed by atoms with Crippen LogP contribution in [0.3, 0.4) is 0 Å². The summed E-state index contributed by atoms with van der Waals surface area (Å²) < 4.78 is 118. The molecule has 5 fully saturated rings. The van der Waals surface area contributed by atoms with Crippen molar-refractivity contribution >= 4 is 30.1 Å². The first kappa shape index (κ1) is 39.3. The molecule has 0 aromatic carbocycles. The van der Waals surface area contributed by atoms with E-state index in [1.54, 1.807) is 128 Å². The molecule has 268 valence electrons. The zero-order valence-corrected chi connectivity index (χ0v) is 29.2. The third-order valence-electron chi connectivity index (χ3n) is 11.1. The van der Waals surface area contributed by atoms with Gasteiger partial charge in [0.15, 0.2) is 0 Å². The van der Waals surface area contributed by atoms with Crippen molar-refractivity contribution in [1.29, 1.82) is 0 Å². The second kappa shape index (κ2) is 13.0. The van der Waals surface area contributed by atoms with Crippen LogP contribution in [0.1, 0.15) is 128 Å². The summed E-state index contributed by atoms with van der Waals surface area (Å²) in [6.07, 6.45) is 39.4. The van der Waals surface area contributed by atoms with Crippen LogP contribution in [0, 0.1) is 0 Å². The summed E-state index contributed by atoms with van der Waals surface area (Å²) in [6.45, 7) is 0. The van der Waals surface area contributed by atoms with Gasteiger partial charge in [0.1, 0.15) is 0 Å². The number of halogens is 12. The molecule has 0 N–H and O–H groups in total. The van der Waals surface area contributed by atoms with E-state index in [4.69, 9.17) is 0 Å². The van der Waals surface area contributed by atoms with Crippen LogP contribution in [0.5, 0.6) is 0 Å². The van der Waals surface area contributed by atoms with Crippen molar-refractivity contribution in [2.45, 2.75) is 151 Å². The van der Waals surface area contributed by atoms with E-state index in [2.05, 4.69) is 0 Å². The predicted octanol–water partition coefficient (Wildman–Crippen LogP) is 16.1. The minimum atomic E-state index is -10.7. The van der Waals surface area contributed by atoms with Gasteiger partial charge in [0.05, 0.1) is 47.3 Å². The van der Waals surface area contributed by atoms with Gasteiger partial charge in [-0.1, -0.05) is 25.7 Å². The molecule has 5 rings (SSSR count). The molecule has 0 spiro atoms. The first-order valence-corrected chi connectivity index (χ1v) is 25.2. The summed E-state index contributed by atoms with van der Waals surface area (Å²) in [5.41, 5.74) is 4.92. The quantitative estimate of drug-likeness (QED) is 0.199. The minimum absolute atomic E-state index is 0.695. The van der Waals surface area contributed by atoms with E-state index < -0.39 is 30.1 Å². The molecule has 0 bridgehead atoms. The van der Waals surface area contributed by atoms with Gasteiger partial charge >= 0.3 is 66.0 Å². The molecule has 0 amide bonds. The fourth-order valence-electron chi connectivity index (χ4n) is 9.41. The van der Waals surface area contributed by atoms with Gasteiger partial charge in [0.2, 0.25) is 0 Å². The molecule has 4 saturated carbocycles. The van der Waals surface area contributed by atoms with Crippen LogP contribution in [0.4, 0.5) is 50.4 Å². The van der Waals surface area contributed by atoms with Crippen molar-refractivity contribution in [1.82, 2.24) is 0 Å². The molecule has 0 radical (unpaired) electrons. The molecule has 1 heterocycles. The third kappa shape index (κ3) is 15.0. The van der Waals surface area contributed by atoms with Crippen molar-refractivity contribution in [2.75, 3.05) is 24.6 Å². The van der Waals surface area contributed by atoms with Gasteiger partial charge in [-0.05, 0) is 103 Å². The number of hydrogen-bond acceptors (Lipinski definition) is 0. The molecule has 0 aromatic rings. The Labute approximate surface area is 256 Å². The van der Waals surface area contributed by atoms with E-state index >= 15 is 0 Å². The standard InChI is InChI=1S/C28H52P2.2F6P/c1-5-13-25(14-6-1)29(26-15-7-2-8-16-26)21-23-30(24-22-29,27-17-9-3-10-18-27)28-19-11-4-12-20-28;2*1-7(2,3,4,5)6/h25-28H,1-24H2;;/q+2;2*-1. The van der Waals surface area contributed by atoms with Crippen molar-refractivity contribution < 1.29 is 50.4 Å². The zero-order valence-electron chi connectivity index (χ0n) is 25.6. The van der Waals surface area contributed by atoms with Gasteiger partial charge < -0.3 is 0 Å². The molecule has 4 aliphatic carbocycles. The Bertz CT molecular complexity index is 764. The fourth-order valence-corrected chi connectivity index (χ4v) is 25.5. The SMILES string of the molecule is C1CCC([P+]2(C3CCCCC3)CC[P+](C3CCCCC3)(C3CCCCC3)CC2)CC1.F[P-](F)(F)(F)(F)F.F[P-](F)(F)(F)(F)F. The summed E-state index contributed by atoms with van der Waals surface area (Å²) in [6, 6.07) is 0. The predicted molar refractivity (Wildman–Crippen MR) is 168 cm³/mol. The van der Waals surface area contributed by atoms with E-state index in [1.165, 1.54) is 22.6 Å². The third-order valence-corrected chi connectivity index (χ3v) is 23.9. The average Bonchev–Trinajstić information content (AvgIpc) is 2.92. The van der Waals surface area contributed by atoms with Crippen LogP contribution in [-0.2, 0) is 0 Å². The van der Waals surface area contributed by atoms with Crippen molar-refractivity contribution in [3.63, 3.8) is 0 Å². The molecule has 1 aliphatic heterocycles. The Kier molecular flexibility index (Phi) is 11.6. The van der Waals surface area contributed by atoms with E-state index in [-0.39, 0.29) is 0 Å². The van der Waals surface area contributed by atoms with Gasteiger partial charge in [0.25, 0.3) is 0 Å². The molecular weight excluding hydrogens is 688 g/mol. The molecule has 0 nitrogen and oxygen atoms in total. The Hall–Kier alpha value is 0.880. The summed E-state index contributed by atoms with van der Waals surface area (Å²) in [5, 5.41) is 0. The number of rotatable bonds is 4. The van der Waals surface area contributed by atoms with Gasteiger partial charge in [-0.25, -0.2) is 0 Å². The summed E-state index contributed by atoms with van der Waals surface area (Å²) in [4.78, 5) is 0. The van der Waals surface area contributed by atoms with Crippen LogP contribution >= 0.6 is 30.1 Å². The van der Waals surface area contributed by atoms with Crippen LogP contribution in [0.15, 0.2) is 0 Å². The Morgan fingerprint density at radius 3 is 0.545 bits per heavy atom. The maximum absolute atomic E-state index is 10.7. The van der Waals surface area contributed by atoms with Gasteiger partial charge in [-0.2, -0.15) is 0 Å². The second-order valence-corrected chi connectivity index (χ2v) is 27.1. The maximum atomic E-state index is 9.87. The summed E-state index contributed by atoms with van der Waals surface area (Å²) >= 11 is 0. The average molecular weight is 741 g/mol. The summed E-state index contributed by atoms with van der Waals surface area (Å²) in [7, 11) is -22.7. The van der Waals surface area contributed by atoms with Crippen LogP contribution < -0.4 is 0 Å². The topological polar surface area (TPSA) is 0 Å².